The lowest BCUT2D eigenvalue weighted by Crippen LogP contribution is -2.38. The number of carbonyl (C=O) groups is 1. The first-order valence-corrected chi connectivity index (χ1v) is 12.1. The maximum Gasteiger partial charge on any atom is 0.308 e. The highest BCUT2D eigenvalue weighted by atomic mass is 32.2. The number of nitrogens with two attached hydrogens (primary N) is 1. The molecule has 35 heavy (non-hydrogen) atoms. The molecule has 1 saturated heterocycles. The van der Waals surface area contributed by atoms with E-state index in [0.29, 0.717) is 0 Å². The van der Waals surface area contributed by atoms with E-state index >= 15 is 0 Å². The zero-order chi connectivity index (χ0) is 25.5. The Hall–Kier alpha value is -3.33. The van der Waals surface area contributed by atoms with Crippen molar-refractivity contribution in [3.8, 4) is 0 Å². The van der Waals surface area contributed by atoms with Crippen LogP contribution >= 0.6 is 0 Å². The van der Waals surface area contributed by atoms with Gasteiger partial charge in [0.1, 0.15) is 18.8 Å². The van der Waals surface area contributed by atoms with Crippen LogP contribution in [-0.2, 0) is 28.6 Å². The molecule has 0 saturated carbocycles. The van der Waals surface area contributed by atoms with E-state index in [9.17, 15) is 23.1 Å². The van der Waals surface area contributed by atoms with Crippen LogP contribution in [0.15, 0.2) is 40.3 Å². The van der Waals surface area contributed by atoms with E-state index in [1.165, 1.54) is 23.0 Å². The summed E-state index contributed by atoms with van der Waals surface area (Å²) in [4.78, 5) is 34.4. The normalized spacial score (nSPS) is 22.7. The number of ether oxygens (including phenoxy) is 2. The van der Waals surface area contributed by atoms with Crippen LogP contribution in [0.25, 0.3) is 11.2 Å². The molecule has 0 aliphatic carbocycles. The molecule has 2 aromatic heterocycles. The predicted octanol–water partition coefficient (Wildman–Crippen LogP) is 0.242. The van der Waals surface area contributed by atoms with Crippen LogP contribution in [0, 0.1) is 12.8 Å². The Morgan fingerprint density at radius 3 is 2.66 bits per heavy atom. The first-order valence-electron chi connectivity index (χ1n) is 10.7. The Morgan fingerprint density at radius 2 is 2.00 bits per heavy atom. The summed E-state index contributed by atoms with van der Waals surface area (Å²) >= 11 is 0. The Labute approximate surface area is 200 Å². The van der Waals surface area contributed by atoms with Gasteiger partial charge in [0.05, 0.1) is 17.1 Å². The van der Waals surface area contributed by atoms with Crippen molar-refractivity contribution in [1.82, 2.24) is 19.5 Å². The van der Waals surface area contributed by atoms with Gasteiger partial charge in [0, 0.05) is 0 Å². The SMILES string of the molecule is Cc1ccc(S(=O)(=O)O[C@@H]2[C@H](O)[C@@H](COC(=O)C(C)C)O[C@H]2n2cnc3c(=O)[nH]c(N)nc32)cc1. The van der Waals surface area contributed by atoms with Crippen molar-refractivity contribution in [1.29, 1.82) is 0 Å². The molecular formula is C21H25N5O8S. The van der Waals surface area contributed by atoms with Crippen LogP contribution in [0.4, 0.5) is 5.95 Å². The van der Waals surface area contributed by atoms with Crippen LogP contribution < -0.4 is 11.3 Å². The van der Waals surface area contributed by atoms with E-state index in [1.807, 2.05) is 0 Å². The summed E-state index contributed by atoms with van der Waals surface area (Å²) in [6.07, 6.45) is -4.27. The van der Waals surface area contributed by atoms with Crippen molar-refractivity contribution in [3.05, 3.63) is 46.5 Å². The minimum absolute atomic E-state index is 0.00962. The van der Waals surface area contributed by atoms with E-state index in [1.54, 1.807) is 32.9 Å². The third-order valence-electron chi connectivity index (χ3n) is 5.45. The average Bonchev–Trinajstić information content (AvgIpc) is 3.33. The molecule has 0 radical (unpaired) electrons. The summed E-state index contributed by atoms with van der Waals surface area (Å²) in [7, 11) is -4.35. The first kappa shape index (κ1) is 24.8. The molecule has 13 nitrogen and oxygen atoms in total. The third-order valence-corrected chi connectivity index (χ3v) is 6.77. The van der Waals surface area contributed by atoms with Crippen LogP contribution in [0.1, 0.15) is 25.6 Å². The van der Waals surface area contributed by atoms with Gasteiger partial charge in [0.25, 0.3) is 15.7 Å². The van der Waals surface area contributed by atoms with E-state index in [4.69, 9.17) is 19.4 Å². The number of anilines is 1. The monoisotopic (exact) mass is 507 g/mol. The molecule has 0 unspecified atom stereocenters. The second-order valence-corrected chi connectivity index (χ2v) is 10.0. The van der Waals surface area contributed by atoms with Gasteiger partial charge >= 0.3 is 5.97 Å². The van der Waals surface area contributed by atoms with Crippen LogP contribution in [0.3, 0.4) is 0 Å². The number of hydrogen-bond acceptors (Lipinski definition) is 11. The Kier molecular flexibility index (Phi) is 6.64. The molecule has 1 aliphatic rings. The van der Waals surface area contributed by atoms with Gasteiger partial charge in [-0.1, -0.05) is 31.5 Å². The van der Waals surface area contributed by atoms with Gasteiger partial charge in [0.15, 0.2) is 23.5 Å². The number of fused-ring (bicyclic) bond motifs is 1. The smallest absolute Gasteiger partial charge is 0.308 e. The summed E-state index contributed by atoms with van der Waals surface area (Å²) in [5, 5.41) is 11.0. The third kappa shape index (κ3) is 4.91. The van der Waals surface area contributed by atoms with Crippen LogP contribution in [0.2, 0.25) is 0 Å². The van der Waals surface area contributed by atoms with E-state index < -0.39 is 52.1 Å². The fourth-order valence-corrected chi connectivity index (χ4v) is 4.63. The number of aromatic amines is 1. The molecule has 3 aromatic rings. The van der Waals surface area contributed by atoms with Crippen LogP contribution in [0.5, 0.6) is 0 Å². The minimum atomic E-state index is -4.35. The fourth-order valence-electron chi connectivity index (χ4n) is 3.55. The zero-order valence-corrected chi connectivity index (χ0v) is 19.9. The van der Waals surface area contributed by atoms with Crippen LogP contribution in [-0.4, -0.2) is 63.9 Å². The molecule has 0 spiro atoms. The maximum atomic E-state index is 13.0. The molecule has 0 amide bonds. The van der Waals surface area contributed by atoms with Gasteiger partial charge in [-0.25, -0.2) is 4.98 Å². The lowest BCUT2D eigenvalue weighted by atomic mass is 10.1. The number of hydrogen-bond donors (Lipinski definition) is 3. The van der Waals surface area contributed by atoms with E-state index in [-0.39, 0.29) is 28.6 Å². The number of nitrogens with zero attached hydrogens (tertiary/aromatic N) is 3. The number of carbonyl (C=O) groups excluding carboxylic acids is 1. The molecule has 3 heterocycles. The van der Waals surface area contributed by atoms with Crippen molar-refractivity contribution in [2.45, 2.75) is 50.2 Å². The number of esters is 1. The molecular weight excluding hydrogens is 482 g/mol. The second-order valence-electron chi connectivity index (χ2n) is 8.44. The summed E-state index contributed by atoms with van der Waals surface area (Å²) in [5.41, 5.74) is 5.80. The summed E-state index contributed by atoms with van der Waals surface area (Å²) < 4.78 is 43.7. The van der Waals surface area contributed by atoms with Crippen molar-refractivity contribution >= 4 is 33.2 Å². The van der Waals surface area contributed by atoms with E-state index in [0.717, 1.165) is 5.56 Å². The molecule has 14 heteroatoms. The van der Waals surface area contributed by atoms with Gasteiger partial charge < -0.3 is 20.3 Å². The topological polar surface area (TPSA) is 189 Å². The summed E-state index contributed by atoms with van der Waals surface area (Å²) in [6, 6.07) is 5.95. The zero-order valence-electron chi connectivity index (χ0n) is 19.1. The molecule has 1 fully saturated rings. The number of rotatable bonds is 7. The van der Waals surface area contributed by atoms with Crippen molar-refractivity contribution in [2.24, 2.45) is 5.92 Å². The van der Waals surface area contributed by atoms with Gasteiger partial charge in [-0.15, -0.1) is 0 Å². The molecule has 1 aromatic carbocycles. The van der Waals surface area contributed by atoms with Gasteiger partial charge in [-0.05, 0) is 19.1 Å². The molecule has 4 rings (SSSR count). The lowest BCUT2D eigenvalue weighted by molar-refractivity contribution is -0.153. The highest BCUT2D eigenvalue weighted by Gasteiger charge is 2.49. The van der Waals surface area contributed by atoms with Gasteiger partial charge in [-0.2, -0.15) is 13.4 Å². The largest absolute Gasteiger partial charge is 0.463 e. The van der Waals surface area contributed by atoms with E-state index in [2.05, 4.69) is 15.0 Å². The second kappa shape index (κ2) is 9.37. The number of H-pyrrole nitrogens is 1. The van der Waals surface area contributed by atoms with Crippen molar-refractivity contribution in [2.75, 3.05) is 12.3 Å². The summed E-state index contributed by atoms with van der Waals surface area (Å²) in [6.45, 7) is 4.72. The lowest BCUT2D eigenvalue weighted by Gasteiger charge is -2.21. The number of benzene rings is 1. The van der Waals surface area contributed by atoms with Crippen molar-refractivity contribution in [3.63, 3.8) is 0 Å². The Bertz CT molecular complexity index is 1400. The number of aryl methyl sites for hydroxylation is 1. The summed E-state index contributed by atoms with van der Waals surface area (Å²) in [5.74, 6) is -1.15. The number of nitrogen functional groups attached to an aromatic ring is 1. The highest BCUT2D eigenvalue weighted by molar-refractivity contribution is 7.86. The maximum absolute atomic E-state index is 13.0. The molecule has 188 valence electrons. The fraction of sp³-hybridized carbons (Fsp3) is 0.429. The first-order chi connectivity index (χ1) is 16.5. The number of aliphatic hydroxyl groups is 1. The number of nitrogens with one attached hydrogen (secondary N) is 1. The predicted molar refractivity (Wildman–Crippen MR) is 122 cm³/mol. The van der Waals surface area contributed by atoms with Crippen molar-refractivity contribution < 1.29 is 32.0 Å². The highest BCUT2D eigenvalue weighted by Crippen LogP contribution is 2.35. The van der Waals surface area contributed by atoms with Gasteiger partial charge in [0.2, 0.25) is 5.95 Å². The number of imidazole rings is 1. The average molecular weight is 508 g/mol. The minimum Gasteiger partial charge on any atom is -0.463 e. The number of aliphatic hydroxyl groups excluding tert-OH is 1. The Morgan fingerprint density at radius 1 is 1.31 bits per heavy atom. The molecule has 1 aliphatic heterocycles. The molecule has 4 atom stereocenters. The standard InChI is InChI=1S/C21H25N5O8S/c1-10(2)20(29)32-8-13-15(27)16(34-35(30,31)12-6-4-11(3)5-7-12)19(33-13)26-9-23-14-17(26)24-21(22)25-18(14)28/h4-7,9-10,13,15-16,19,27H,8H2,1-3H3,(H3,22,24,25,28)/t13-,15-,16-,19-/m1/s1. The number of aromatic nitrogens is 4. The quantitative estimate of drug-likeness (QED) is 0.293. The molecule has 0 bridgehead atoms. The Balaban J connectivity index is 1.71. The molecule has 4 N–H and O–H groups in total. The van der Waals surface area contributed by atoms with Gasteiger partial charge in [-0.3, -0.25) is 23.3 Å².